The Bertz CT molecular complexity index is 529. The number of aromatic nitrogens is 1. The van der Waals surface area contributed by atoms with E-state index >= 15 is 0 Å². The van der Waals surface area contributed by atoms with Crippen molar-refractivity contribution in [2.75, 3.05) is 20.1 Å². The van der Waals surface area contributed by atoms with E-state index in [0.717, 1.165) is 43.5 Å². The van der Waals surface area contributed by atoms with Crippen molar-refractivity contribution in [1.82, 2.24) is 9.88 Å². The topological polar surface area (TPSA) is 36.1 Å². The van der Waals surface area contributed by atoms with Crippen molar-refractivity contribution in [1.29, 1.82) is 0 Å². The van der Waals surface area contributed by atoms with E-state index in [1.54, 1.807) is 0 Å². The minimum absolute atomic E-state index is 0.206. The Kier molecular flexibility index (Phi) is 3.09. The fourth-order valence-corrected chi connectivity index (χ4v) is 3.70. The molecule has 1 fully saturated rings. The number of allylic oxidation sites excluding steroid dienone is 1. The average Bonchev–Trinajstić information content (AvgIpc) is 2.68. The van der Waals surface area contributed by atoms with Gasteiger partial charge in [0.2, 0.25) is 0 Å². The van der Waals surface area contributed by atoms with Gasteiger partial charge in [0, 0.05) is 35.8 Å². The quantitative estimate of drug-likeness (QED) is 0.827. The highest BCUT2D eigenvalue weighted by Gasteiger charge is 2.40. The van der Waals surface area contributed by atoms with Gasteiger partial charge in [-0.25, -0.2) is 0 Å². The van der Waals surface area contributed by atoms with Gasteiger partial charge in [-0.05, 0) is 44.8 Å². The number of likely N-dealkylation sites (tertiary alicyclic amines) is 1. The fourth-order valence-electron chi connectivity index (χ4n) is 3.70. The molecule has 1 aliphatic heterocycles. The second-order valence-corrected chi connectivity index (χ2v) is 6.06. The molecule has 0 spiro atoms. The number of ketones is 1. The summed E-state index contributed by atoms with van der Waals surface area (Å²) in [7, 11) is 2.12. The third-order valence-corrected chi connectivity index (χ3v) is 4.79. The summed E-state index contributed by atoms with van der Waals surface area (Å²) in [5.41, 5.74) is 4.46. The van der Waals surface area contributed by atoms with Crippen LogP contribution in [0.1, 0.15) is 33.7 Å². The van der Waals surface area contributed by atoms with Crippen molar-refractivity contribution >= 4 is 5.78 Å². The average molecular weight is 258 g/mol. The highest BCUT2D eigenvalue weighted by atomic mass is 16.1. The van der Waals surface area contributed by atoms with Crippen LogP contribution in [0, 0.1) is 18.8 Å². The molecule has 1 aliphatic carbocycles. The van der Waals surface area contributed by atoms with E-state index in [4.69, 9.17) is 0 Å². The van der Waals surface area contributed by atoms with Crippen LogP contribution in [0.2, 0.25) is 0 Å². The third kappa shape index (κ3) is 1.96. The maximum Gasteiger partial charge on any atom is 0.169 e. The Morgan fingerprint density at radius 3 is 3.05 bits per heavy atom. The number of nitrogens with one attached hydrogen (secondary N) is 1. The second-order valence-electron chi connectivity index (χ2n) is 6.06. The van der Waals surface area contributed by atoms with Crippen molar-refractivity contribution in [2.45, 2.75) is 26.2 Å². The summed E-state index contributed by atoms with van der Waals surface area (Å²) in [5, 5.41) is 0. The second kappa shape index (κ2) is 4.64. The summed E-state index contributed by atoms with van der Waals surface area (Å²) < 4.78 is 0. The lowest BCUT2D eigenvalue weighted by Crippen LogP contribution is -2.45. The van der Waals surface area contributed by atoms with Crippen molar-refractivity contribution in [3.05, 3.63) is 35.2 Å². The monoisotopic (exact) mass is 258 g/mol. The lowest BCUT2D eigenvalue weighted by molar-refractivity contribution is 0.0705. The first-order valence-electron chi connectivity index (χ1n) is 7.15. The molecule has 0 bridgehead atoms. The van der Waals surface area contributed by atoms with Crippen LogP contribution in [0.15, 0.2) is 12.7 Å². The molecule has 0 aromatic carbocycles. The summed E-state index contributed by atoms with van der Waals surface area (Å²) in [4.78, 5) is 18.5. The molecular weight excluding hydrogens is 236 g/mol. The first-order valence-corrected chi connectivity index (χ1v) is 7.15. The van der Waals surface area contributed by atoms with Gasteiger partial charge in [0.05, 0.1) is 0 Å². The number of hydrogen-bond donors (Lipinski definition) is 1. The predicted octanol–water partition coefficient (Wildman–Crippen LogP) is 2.36. The predicted molar refractivity (Wildman–Crippen MR) is 76.6 cm³/mol. The van der Waals surface area contributed by atoms with Gasteiger partial charge in [-0.15, -0.1) is 6.58 Å². The molecule has 1 aromatic heterocycles. The lowest BCUT2D eigenvalue weighted by Gasteiger charge is -2.38. The van der Waals surface area contributed by atoms with E-state index < -0.39 is 0 Å². The highest BCUT2D eigenvalue weighted by molar-refractivity contribution is 6.02. The smallest absolute Gasteiger partial charge is 0.169 e. The number of hydrogen-bond acceptors (Lipinski definition) is 2. The molecule has 0 radical (unpaired) electrons. The maximum absolute atomic E-state index is 12.8. The molecule has 102 valence electrons. The zero-order chi connectivity index (χ0) is 13.6. The number of nitrogens with zero attached hydrogens (tertiary/aromatic N) is 1. The zero-order valence-corrected chi connectivity index (χ0v) is 11.8. The third-order valence-electron chi connectivity index (χ3n) is 4.79. The Balaban J connectivity index is 1.99. The molecule has 1 saturated heterocycles. The first kappa shape index (κ1) is 12.7. The van der Waals surface area contributed by atoms with Crippen LogP contribution in [0.5, 0.6) is 0 Å². The standard InChI is InChI=1S/C16H22N2O/c1-4-5-13-10(2)15-14(17-13)8-11-6-7-18(3)9-12(11)16(15)19/h4,11-12,17H,1,5-9H2,2-3H3/t11-,12+/m0/s1. The molecule has 2 heterocycles. The fraction of sp³-hybridized carbons (Fsp3) is 0.562. The van der Waals surface area contributed by atoms with E-state index in [9.17, 15) is 4.79 Å². The van der Waals surface area contributed by atoms with Crippen LogP contribution in [-0.4, -0.2) is 35.8 Å². The summed E-state index contributed by atoms with van der Waals surface area (Å²) >= 11 is 0. The number of H-pyrrole nitrogens is 1. The van der Waals surface area contributed by atoms with Crippen LogP contribution >= 0.6 is 0 Å². The lowest BCUT2D eigenvalue weighted by atomic mass is 9.73. The van der Waals surface area contributed by atoms with Crippen LogP contribution < -0.4 is 0 Å². The van der Waals surface area contributed by atoms with Crippen LogP contribution in [0.25, 0.3) is 0 Å². The normalized spacial score (nSPS) is 26.9. The Labute approximate surface area is 114 Å². The number of carbonyl (C=O) groups excluding carboxylic acids is 1. The van der Waals surface area contributed by atoms with E-state index in [0.29, 0.717) is 11.7 Å². The zero-order valence-electron chi connectivity index (χ0n) is 11.8. The number of Topliss-reactive ketones (excluding diaryl/α,β-unsaturated/α-hetero) is 1. The number of fused-ring (bicyclic) bond motifs is 2. The molecule has 3 rings (SSSR count). The van der Waals surface area contributed by atoms with Crippen LogP contribution in [0.3, 0.4) is 0 Å². The SMILES string of the molecule is C=CCc1[nH]c2c(c1C)C(=O)[C@@H]1CN(C)CC[C@H]1C2. The minimum Gasteiger partial charge on any atom is -0.361 e. The van der Waals surface area contributed by atoms with Gasteiger partial charge in [-0.3, -0.25) is 4.79 Å². The molecular formula is C16H22N2O. The Hall–Kier alpha value is -1.35. The van der Waals surface area contributed by atoms with Gasteiger partial charge < -0.3 is 9.88 Å². The van der Waals surface area contributed by atoms with Gasteiger partial charge in [-0.1, -0.05) is 6.08 Å². The van der Waals surface area contributed by atoms with E-state index in [2.05, 4.69) is 30.4 Å². The van der Waals surface area contributed by atoms with E-state index in [1.165, 1.54) is 11.4 Å². The molecule has 1 aromatic rings. The van der Waals surface area contributed by atoms with E-state index in [-0.39, 0.29) is 5.92 Å². The van der Waals surface area contributed by atoms with Crippen molar-refractivity contribution in [3.8, 4) is 0 Å². The highest BCUT2D eigenvalue weighted by Crippen LogP contribution is 2.37. The van der Waals surface area contributed by atoms with Crippen LogP contribution in [0.4, 0.5) is 0 Å². The number of rotatable bonds is 2. The largest absolute Gasteiger partial charge is 0.361 e. The number of carbonyl (C=O) groups is 1. The van der Waals surface area contributed by atoms with Crippen molar-refractivity contribution < 1.29 is 4.79 Å². The summed E-state index contributed by atoms with van der Waals surface area (Å²) in [6.45, 7) is 7.90. The first-order chi connectivity index (χ1) is 9.11. The molecule has 2 aliphatic rings. The molecule has 0 unspecified atom stereocenters. The Morgan fingerprint density at radius 1 is 1.53 bits per heavy atom. The van der Waals surface area contributed by atoms with E-state index in [1.807, 2.05) is 6.08 Å². The maximum atomic E-state index is 12.8. The molecule has 3 nitrogen and oxygen atoms in total. The number of piperidine rings is 1. The van der Waals surface area contributed by atoms with Gasteiger partial charge in [0.1, 0.15) is 0 Å². The minimum atomic E-state index is 0.206. The molecule has 2 atom stereocenters. The summed E-state index contributed by atoms with van der Waals surface area (Å²) in [6.07, 6.45) is 4.90. The summed E-state index contributed by atoms with van der Waals surface area (Å²) in [6, 6.07) is 0. The van der Waals surface area contributed by atoms with Gasteiger partial charge in [-0.2, -0.15) is 0 Å². The number of aromatic amines is 1. The van der Waals surface area contributed by atoms with Gasteiger partial charge in [0.25, 0.3) is 0 Å². The Morgan fingerprint density at radius 2 is 2.32 bits per heavy atom. The molecule has 1 N–H and O–H groups in total. The van der Waals surface area contributed by atoms with Gasteiger partial charge >= 0.3 is 0 Å². The molecule has 0 amide bonds. The van der Waals surface area contributed by atoms with Crippen molar-refractivity contribution in [2.24, 2.45) is 11.8 Å². The molecule has 3 heteroatoms. The van der Waals surface area contributed by atoms with Crippen molar-refractivity contribution in [3.63, 3.8) is 0 Å². The molecule has 19 heavy (non-hydrogen) atoms. The van der Waals surface area contributed by atoms with Crippen LogP contribution in [-0.2, 0) is 12.8 Å². The summed E-state index contributed by atoms with van der Waals surface area (Å²) in [5.74, 6) is 1.10. The molecule has 0 saturated carbocycles. The van der Waals surface area contributed by atoms with Gasteiger partial charge in [0.15, 0.2) is 5.78 Å².